The Labute approximate surface area is 146 Å². The van der Waals surface area contributed by atoms with Crippen LogP contribution in [0.25, 0.3) is 11.1 Å². The molecule has 6 heteroatoms. The number of thiophene rings is 1. The SMILES string of the molecule is CCC[NH2+]CC(=O)Nc1scc(-c2ccccc2)c1C(=O)OCC. The summed E-state index contributed by atoms with van der Waals surface area (Å²) >= 11 is 1.35. The molecular weight excluding hydrogens is 324 g/mol. The number of hydrogen-bond donors (Lipinski definition) is 2. The number of ether oxygens (including phenoxy) is 1. The number of amides is 1. The number of carbonyl (C=O) groups is 2. The number of esters is 1. The summed E-state index contributed by atoms with van der Waals surface area (Å²) in [5.74, 6) is -0.527. The van der Waals surface area contributed by atoms with E-state index in [-0.39, 0.29) is 5.91 Å². The van der Waals surface area contributed by atoms with Crippen molar-refractivity contribution in [2.45, 2.75) is 20.3 Å². The van der Waals surface area contributed by atoms with Crippen LogP contribution < -0.4 is 10.6 Å². The Kier molecular flexibility index (Phi) is 6.96. The summed E-state index contributed by atoms with van der Waals surface area (Å²) in [4.78, 5) is 24.5. The molecule has 0 saturated carbocycles. The van der Waals surface area contributed by atoms with Gasteiger partial charge in [0.05, 0.1) is 13.2 Å². The van der Waals surface area contributed by atoms with E-state index in [9.17, 15) is 9.59 Å². The number of hydrogen-bond acceptors (Lipinski definition) is 4. The van der Waals surface area contributed by atoms with Gasteiger partial charge in [0.25, 0.3) is 5.91 Å². The van der Waals surface area contributed by atoms with Gasteiger partial charge in [0.15, 0.2) is 6.54 Å². The van der Waals surface area contributed by atoms with Gasteiger partial charge in [-0.15, -0.1) is 11.3 Å². The van der Waals surface area contributed by atoms with E-state index in [4.69, 9.17) is 4.74 Å². The lowest BCUT2D eigenvalue weighted by atomic mass is 10.0. The highest BCUT2D eigenvalue weighted by Crippen LogP contribution is 2.36. The lowest BCUT2D eigenvalue weighted by Gasteiger charge is -2.08. The molecule has 0 spiro atoms. The van der Waals surface area contributed by atoms with Crippen molar-refractivity contribution in [2.24, 2.45) is 0 Å². The number of nitrogens with one attached hydrogen (secondary N) is 1. The highest BCUT2D eigenvalue weighted by Gasteiger charge is 2.22. The molecule has 1 aromatic carbocycles. The van der Waals surface area contributed by atoms with Crippen LogP contribution in [0.3, 0.4) is 0 Å². The van der Waals surface area contributed by atoms with Crippen molar-refractivity contribution in [1.29, 1.82) is 0 Å². The van der Waals surface area contributed by atoms with Crippen LogP contribution in [-0.4, -0.2) is 31.6 Å². The molecule has 0 bridgehead atoms. The van der Waals surface area contributed by atoms with Gasteiger partial charge >= 0.3 is 5.97 Å². The van der Waals surface area contributed by atoms with Gasteiger partial charge in [-0.05, 0) is 18.9 Å². The summed E-state index contributed by atoms with van der Waals surface area (Å²) in [6, 6.07) is 9.63. The predicted molar refractivity (Wildman–Crippen MR) is 96.3 cm³/mol. The molecular formula is C18H23N2O3S+. The van der Waals surface area contributed by atoms with Crippen LogP contribution in [0, 0.1) is 0 Å². The van der Waals surface area contributed by atoms with Crippen LogP contribution in [-0.2, 0) is 9.53 Å². The zero-order valence-electron chi connectivity index (χ0n) is 14.0. The molecule has 1 amide bonds. The van der Waals surface area contributed by atoms with E-state index in [0.29, 0.717) is 23.7 Å². The van der Waals surface area contributed by atoms with Gasteiger partial charge in [0, 0.05) is 10.9 Å². The zero-order valence-corrected chi connectivity index (χ0v) is 14.8. The van der Waals surface area contributed by atoms with Crippen LogP contribution in [0.15, 0.2) is 35.7 Å². The third kappa shape index (κ3) is 4.66. The summed E-state index contributed by atoms with van der Waals surface area (Å²) in [7, 11) is 0. The molecule has 24 heavy (non-hydrogen) atoms. The van der Waals surface area contributed by atoms with Gasteiger partial charge < -0.3 is 15.4 Å². The van der Waals surface area contributed by atoms with Gasteiger partial charge in [0.2, 0.25) is 0 Å². The summed E-state index contributed by atoms with van der Waals surface area (Å²) in [5, 5.41) is 7.22. The van der Waals surface area contributed by atoms with E-state index in [1.807, 2.05) is 41.0 Å². The topological polar surface area (TPSA) is 72.0 Å². The Morgan fingerprint density at radius 2 is 1.96 bits per heavy atom. The maximum absolute atomic E-state index is 12.4. The summed E-state index contributed by atoms with van der Waals surface area (Å²) < 4.78 is 5.18. The van der Waals surface area contributed by atoms with Crippen molar-refractivity contribution in [1.82, 2.24) is 0 Å². The molecule has 5 nitrogen and oxygen atoms in total. The van der Waals surface area contributed by atoms with Crippen molar-refractivity contribution in [2.75, 3.05) is 25.0 Å². The second kappa shape index (κ2) is 9.20. The standard InChI is InChI=1S/C18H22N2O3S/c1-3-10-19-11-15(21)20-17-16(18(22)23-4-2)14(12-24-17)13-8-6-5-7-9-13/h5-9,12,19H,3-4,10-11H2,1-2H3,(H,20,21)/p+1. The van der Waals surface area contributed by atoms with Crippen molar-refractivity contribution in [3.63, 3.8) is 0 Å². The number of rotatable bonds is 8. The lowest BCUT2D eigenvalue weighted by molar-refractivity contribution is -0.643. The van der Waals surface area contributed by atoms with Gasteiger partial charge in [-0.2, -0.15) is 0 Å². The fourth-order valence-electron chi connectivity index (χ4n) is 2.30. The minimum Gasteiger partial charge on any atom is -0.462 e. The van der Waals surface area contributed by atoms with Gasteiger partial charge in [0.1, 0.15) is 10.6 Å². The maximum Gasteiger partial charge on any atom is 0.341 e. The fourth-order valence-corrected chi connectivity index (χ4v) is 3.27. The molecule has 1 heterocycles. The van der Waals surface area contributed by atoms with E-state index in [1.165, 1.54) is 11.3 Å². The largest absolute Gasteiger partial charge is 0.462 e. The molecule has 0 saturated heterocycles. The second-order valence-corrected chi connectivity index (χ2v) is 6.15. The molecule has 0 aliphatic heterocycles. The number of anilines is 1. The summed E-state index contributed by atoms with van der Waals surface area (Å²) in [6.07, 6.45) is 1.01. The minimum atomic E-state index is -0.412. The molecule has 0 atom stereocenters. The van der Waals surface area contributed by atoms with Crippen molar-refractivity contribution in [3.05, 3.63) is 41.3 Å². The first-order valence-corrected chi connectivity index (χ1v) is 9.00. The monoisotopic (exact) mass is 347 g/mol. The normalized spacial score (nSPS) is 10.4. The molecule has 128 valence electrons. The molecule has 0 radical (unpaired) electrons. The molecule has 3 N–H and O–H groups in total. The molecule has 0 fully saturated rings. The number of nitrogens with two attached hydrogens (primary N) is 1. The first-order valence-electron chi connectivity index (χ1n) is 8.12. The molecule has 2 aromatic rings. The van der Waals surface area contributed by atoms with Crippen molar-refractivity contribution >= 4 is 28.2 Å². The maximum atomic E-state index is 12.4. The second-order valence-electron chi connectivity index (χ2n) is 5.27. The van der Waals surface area contributed by atoms with E-state index in [2.05, 4.69) is 12.2 Å². The Morgan fingerprint density at radius 3 is 2.62 bits per heavy atom. The zero-order chi connectivity index (χ0) is 17.4. The molecule has 0 unspecified atom stereocenters. The smallest absolute Gasteiger partial charge is 0.341 e. The van der Waals surface area contributed by atoms with Crippen LogP contribution in [0.5, 0.6) is 0 Å². The Morgan fingerprint density at radius 1 is 1.21 bits per heavy atom. The Bertz CT molecular complexity index is 683. The number of quaternary nitrogens is 1. The fraction of sp³-hybridized carbons (Fsp3) is 0.333. The van der Waals surface area contributed by atoms with E-state index >= 15 is 0 Å². The molecule has 1 aromatic heterocycles. The average Bonchev–Trinajstić information content (AvgIpc) is 2.99. The summed E-state index contributed by atoms with van der Waals surface area (Å²) in [6.45, 7) is 5.37. The first kappa shape index (κ1) is 18.2. The van der Waals surface area contributed by atoms with Gasteiger partial charge in [-0.25, -0.2) is 4.79 Å². The van der Waals surface area contributed by atoms with Crippen LogP contribution >= 0.6 is 11.3 Å². The molecule has 2 rings (SSSR count). The van der Waals surface area contributed by atoms with Gasteiger partial charge in [-0.3, -0.25) is 4.79 Å². The highest BCUT2D eigenvalue weighted by atomic mass is 32.1. The predicted octanol–water partition coefficient (Wildman–Crippen LogP) is 2.50. The average molecular weight is 347 g/mol. The van der Waals surface area contributed by atoms with Gasteiger partial charge in [-0.1, -0.05) is 37.3 Å². The Balaban J connectivity index is 2.26. The lowest BCUT2D eigenvalue weighted by Crippen LogP contribution is -2.86. The van der Waals surface area contributed by atoms with Crippen molar-refractivity contribution in [3.8, 4) is 11.1 Å². The molecule has 0 aliphatic rings. The third-order valence-corrected chi connectivity index (χ3v) is 4.33. The van der Waals surface area contributed by atoms with Crippen LogP contribution in [0.4, 0.5) is 5.00 Å². The minimum absolute atomic E-state index is 0.115. The Hall–Kier alpha value is -2.18. The van der Waals surface area contributed by atoms with Crippen LogP contribution in [0.1, 0.15) is 30.6 Å². The van der Waals surface area contributed by atoms with Crippen molar-refractivity contribution < 1.29 is 19.6 Å². The quantitative estimate of drug-likeness (QED) is 0.569. The highest BCUT2D eigenvalue weighted by molar-refractivity contribution is 7.15. The number of benzene rings is 1. The third-order valence-electron chi connectivity index (χ3n) is 3.43. The summed E-state index contributed by atoms with van der Waals surface area (Å²) in [5.41, 5.74) is 2.14. The molecule has 0 aliphatic carbocycles. The number of carbonyl (C=O) groups excluding carboxylic acids is 2. The first-order chi connectivity index (χ1) is 11.7. The van der Waals surface area contributed by atoms with E-state index in [0.717, 1.165) is 24.1 Å². The van der Waals surface area contributed by atoms with E-state index < -0.39 is 5.97 Å². The van der Waals surface area contributed by atoms with E-state index in [1.54, 1.807) is 6.92 Å². The van der Waals surface area contributed by atoms with Crippen LogP contribution in [0.2, 0.25) is 0 Å².